The Morgan fingerprint density at radius 3 is 2.00 bits per heavy atom. The van der Waals surface area contributed by atoms with E-state index in [1.807, 2.05) is 6.20 Å². The van der Waals surface area contributed by atoms with Crippen LogP contribution in [0, 0.1) is 20.8 Å². The molecule has 0 radical (unpaired) electrons. The molecule has 0 bridgehead atoms. The number of aryl methyl sites for hydroxylation is 3. The SMILES string of the molecule is Cc1cc(C)c(-c2ccnc(-n3c4cc(-c5cccc6c5nc(-c5cccc7c5[nH]c5ccccc57)n6-c5ccccc5)ccc4c4c(-c5ccccc5)cc(C(C)(C)C)cc43)c2)c(C)c1. The molecule has 0 saturated carbocycles. The van der Waals surface area contributed by atoms with E-state index in [1.165, 1.54) is 60.5 Å². The van der Waals surface area contributed by atoms with Crippen LogP contribution in [0.5, 0.6) is 0 Å². The molecule has 12 aromatic rings. The maximum atomic E-state index is 5.64. The van der Waals surface area contributed by atoms with Crippen LogP contribution in [-0.4, -0.2) is 24.1 Å². The summed E-state index contributed by atoms with van der Waals surface area (Å²) in [5, 5.41) is 4.78. The molecule has 0 aliphatic heterocycles. The Balaban J connectivity index is 1.15. The number of imidazole rings is 1. The average molecular weight is 852 g/mol. The highest BCUT2D eigenvalue weighted by molar-refractivity contribution is 6.17. The fourth-order valence-corrected chi connectivity index (χ4v) is 10.6. The third-order valence-electron chi connectivity index (χ3n) is 13.6. The molecule has 66 heavy (non-hydrogen) atoms. The summed E-state index contributed by atoms with van der Waals surface area (Å²) in [4.78, 5) is 14.6. The van der Waals surface area contributed by atoms with Gasteiger partial charge in [-0.1, -0.05) is 142 Å². The van der Waals surface area contributed by atoms with Crippen LogP contribution < -0.4 is 0 Å². The standard InChI is InChI=1S/C61H49N5/c1-37-31-38(2)56(39(3)32-37)42-29-30-62-55(34-42)66-53-33-41(27-28-48(53)57-50(40-17-9-7-10-18-40)35-43(36-54(57)66)61(4,5)6)45-22-16-26-52-59(45)64-60(65(52)44-19-11-8-12-20-44)49-24-15-23-47-46-21-13-14-25-51(46)63-58(47)49/h7-36,63H,1-6H3. The number of hydrogen-bond acceptors (Lipinski definition) is 2. The van der Waals surface area contributed by atoms with Crippen molar-refractivity contribution in [2.24, 2.45) is 0 Å². The molecule has 0 spiro atoms. The molecule has 12 rings (SSSR count). The summed E-state index contributed by atoms with van der Waals surface area (Å²) in [6.07, 6.45) is 1.98. The van der Waals surface area contributed by atoms with Crippen molar-refractivity contribution < 1.29 is 0 Å². The van der Waals surface area contributed by atoms with E-state index >= 15 is 0 Å². The monoisotopic (exact) mass is 851 g/mol. The zero-order chi connectivity index (χ0) is 44.8. The molecule has 0 atom stereocenters. The lowest BCUT2D eigenvalue weighted by Gasteiger charge is -2.21. The highest BCUT2D eigenvalue weighted by Gasteiger charge is 2.25. The van der Waals surface area contributed by atoms with Gasteiger partial charge in [-0.15, -0.1) is 0 Å². The lowest BCUT2D eigenvalue weighted by Crippen LogP contribution is -2.11. The number of benzene rings is 8. The van der Waals surface area contributed by atoms with Crippen LogP contribution in [0.4, 0.5) is 0 Å². The number of hydrogen-bond donors (Lipinski definition) is 1. The van der Waals surface area contributed by atoms with Gasteiger partial charge in [0.2, 0.25) is 0 Å². The number of fused-ring (bicyclic) bond motifs is 7. The molecule has 1 N–H and O–H groups in total. The molecule has 0 amide bonds. The van der Waals surface area contributed by atoms with Crippen molar-refractivity contribution in [3.63, 3.8) is 0 Å². The van der Waals surface area contributed by atoms with E-state index < -0.39 is 0 Å². The van der Waals surface area contributed by atoms with Gasteiger partial charge in [0.05, 0.1) is 27.6 Å². The summed E-state index contributed by atoms with van der Waals surface area (Å²) in [6, 6.07) is 63.9. The quantitative estimate of drug-likeness (QED) is 0.181. The van der Waals surface area contributed by atoms with Crippen LogP contribution in [0.1, 0.15) is 43.0 Å². The highest BCUT2D eigenvalue weighted by Crippen LogP contribution is 2.44. The molecule has 8 aromatic carbocycles. The number of pyridine rings is 1. The molecular weight excluding hydrogens is 803 g/mol. The third kappa shape index (κ3) is 6.29. The topological polar surface area (TPSA) is 51.4 Å². The van der Waals surface area contributed by atoms with Gasteiger partial charge < -0.3 is 4.98 Å². The van der Waals surface area contributed by atoms with E-state index in [-0.39, 0.29) is 5.41 Å². The second-order valence-corrected chi connectivity index (χ2v) is 19.0. The lowest BCUT2D eigenvalue weighted by atomic mass is 9.84. The average Bonchev–Trinajstić information content (AvgIpc) is 4.01. The number of aromatic nitrogens is 5. The van der Waals surface area contributed by atoms with Crippen LogP contribution in [0.15, 0.2) is 182 Å². The van der Waals surface area contributed by atoms with E-state index in [4.69, 9.17) is 9.97 Å². The first-order chi connectivity index (χ1) is 32.1. The van der Waals surface area contributed by atoms with Crippen LogP contribution >= 0.6 is 0 Å². The molecule has 0 saturated heterocycles. The molecule has 4 heterocycles. The largest absolute Gasteiger partial charge is 0.354 e. The molecular formula is C61H49N5. The van der Waals surface area contributed by atoms with Crippen LogP contribution in [0.3, 0.4) is 0 Å². The molecule has 0 aliphatic carbocycles. The summed E-state index contributed by atoms with van der Waals surface area (Å²) in [5.74, 6) is 1.77. The second kappa shape index (κ2) is 15.0. The fourth-order valence-electron chi connectivity index (χ4n) is 10.6. The summed E-state index contributed by atoms with van der Waals surface area (Å²) < 4.78 is 4.72. The number of rotatable bonds is 6. The molecule has 5 heteroatoms. The van der Waals surface area contributed by atoms with E-state index in [1.54, 1.807) is 0 Å². The van der Waals surface area contributed by atoms with Crippen molar-refractivity contribution in [1.82, 2.24) is 24.1 Å². The van der Waals surface area contributed by atoms with Gasteiger partial charge in [-0.3, -0.25) is 9.13 Å². The van der Waals surface area contributed by atoms with Crippen molar-refractivity contribution >= 4 is 54.6 Å². The number of nitrogens with one attached hydrogen (secondary N) is 1. The first kappa shape index (κ1) is 39.6. The zero-order valence-electron chi connectivity index (χ0n) is 38.1. The summed E-state index contributed by atoms with van der Waals surface area (Å²) in [6.45, 7) is 13.5. The smallest absolute Gasteiger partial charge is 0.147 e. The van der Waals surface area contributed by atoms with Gasteiger partial charge in [0.15, 0.2) is 0 Å². The number of H-pyrrole nitrogens is 1. The Morgan fingerprint density at radius 2 is 1.21 bits per heavy atom. The van der Waals surface area contributed by atoms with Crippen LogP contribution in [-0.2, 0) is 5.41 Å². The predicted molar refractivity (Wildman–Crippen MR) is 277 cm³/mol. The lowest BCUT2D eigenvalue weighted by molar-refractivity contribution is 0.591. The van der Waals surface area contributed by atoms with Crippen molar-refractivity contribution in [1.29, 1.82) is 0 Å². The molecule has 0 unspecified atom stereocenters. The predicted octanol–water partition coefficient (Wildman–Crippen LogP) is 16.0. The third-order valence-corrected chi connectivity index (χ3v) is 13.6. The Kier molecular flexibility index (Phi) is 9.01. The molecule has 318 valence electrons. The van der Waals surface area contributed by atoms with Gasteiger partial charge >= 0.3 is 0 Å². The minimum Gasteiger partial charge on any atom is -0.354 e. The Hall–Kier alpha value is -8.02. The minimum atomic E-state index is -0.0995. The molecule has 0 aliphatic rings. The van der Waals surface area contributed by atoms with Gasteiger partial charge in [-0.05, 0) is 131 Å². The van der Waals surface area contributed by atoms with Gasteiger partial charge in [0.1, 0.15) is 11.6 Å². The van der Waals surface area contributed by atoms with Crippen molar-refractivity contribution in [2.75, 3.05) is 0 Å². The highest BCUT2D eigenvalue weighted by atomic mass is 15.1. The fraction of sp³-hybridized carbons (Fsp3) is 0.115. The van der Waals surface area contributed by atoms with Gasteiger partial charge in [0, 0.05) is 50.1 Å². The minimum absolute atomic E-state index is 0.0995. The number of aromatic amines is 1. The maximum Gasteiger partial charge on any atom is 0.147 e. The van der Waals surface area contributed by atoms with E-state index in [2.05, 4.69) is 232 Å². The summed E-state index contributed by atoms with van der Waals surface area (Å²) >= 11 is 0. The first-order valence-electron chi connectivity index (χ1n) is 22.9. The first-order valence-corrected chi connectivity index (χ1v) is 22.9. The van der Waals surface area contributed by atoms with Gasteiger partial charge in [0.25, 0.3) is 0 Å². The maximum absolute atomic E-state index is 5.64. The zero-order valence-corrected chi connectivity index (χ0v) is 38.1. The molecule has 0 fully saturated rings. The molecule has 4 aromatic heterocycles. The van der Waals surface area contributed by atoms with Crippen molar-refractivity contribution in [3.8, 4) is 56.3 Å². The number of para-hydroxylation sites is 4. The molecule has 5 nitrogen and oxygen atoms in total. The Bertz CT molecular complexity index is 3850. The van der Waals surface area contributed by atoms with Gasteiger partial charge in [-0.25, -0.2) is 9.97 Å². The van der Waals surface area contributed by atoms with E-state index in [9.17, 15) is 0 Å². The second-order valence-electron chi connectivity index (χ2n) is 19.0. The number of nitrogens with zero attached hydrogens (tertiary/aromatic N) is 4. The van der Waals surface area contributed by atoms with Crippen LogP contribution in [0.2, 0.25) is 0 Å². The normalized spacial score (nSPS) is 12.1. The van der Waals surface area contributed by atoms with Crippen molar-refractivity contribution in [2.45, 2.75) is 47.0 Å². The Morgan fingerprint density at radius 1 is 0.500 bits per heavy atom. The van der Waals surface area contributed by atoms with Gasteiger partial charge in [-0.2, -0.15) is 0 Å². The van der Waals surface area contributed by atoms with Crippen LogP contribution in [0.25, 0.3) is 111 Å². The summed E-state index contributed by atoms with van der Waals surface area (Å²) in [5.41, 5.74) is 20.5. The Labute approximate surface area is 384 Å². The van der Waals surface area contributed by atoms with E-state index in [0.29, 0.717) is 0 Å². The van der Waals surface area contributed by atoms with E-state index in [0.717, 1.165) is 72.7 Å². The van der Waals surface area contributed by atoms with Crippen molar-refractivity contribution in [3.05, 3.63) is 204 Å². The summed E-state index contributed by atoms with van der Waals surface area (Å²) in [7, 11) is 0.